The number of hydrogen-bond acceptors (Lipinski definition) is 5. The zero-order chi connectivity index (χ0) is 16.7. The average Bonchev–Trinajstić information content (AvgIpc) is 2.53. The van der Waals surface area contributed by atoms with E-state index in [0.717, 1.165) is 20.9 Å². The lowest BCUT2D eigenvalue weighted by Crippen LogP contribution is -2.04. The van der Waals surface area contributed by atoms with Gasteiger partial charge in [0.1, 0.15) is 0 Å². The van der Waals surface area contributed by atoms with Crippen molar-refractivity contribution in [3.05, 3.63) is 59.7 Å². The van der Waals surface area contributed by atoms with Crippen molar-refractivity contribution in [2.75, 3.05) is 0 Å². The van der Waals surface area contributed by atoms with Gasteiger partial charge in [0.05, 0.1) is 0 Å². The Kier molecular flexibility index (Phi) is 12.4. The summed E-state index contributed by atoms with van der Waals surface area (Å²) in [6.45, 7) is 0. The van der Waals surface area contributed by atoms with Crippen LogP contribution in [0.2, 0.25) is 0 Å². The number of rotatable bonds is 6. The number of amidine groups is 2. The van der Waals surface area contributed by atoms with Crippen LogP contribution < -0.4 is 11.5 Å². The molecule has 0 bridgehead atoms. The molecule has 0 saturated heterocycles. The molecule has 4 nitrogen and oxygen atoms in total. The molecule has 0 atom stereocenters. The zero-order valence-corrected chi connectivity index (χ0v) is 19.1. The SMILES string of the molecule is Br.Br.N=C(N)SCc1ccccc1Sc1ccccc1CSC(=N)N. The van der Waals surface area contributed by atoms with E-state index in [1.165, 1.54) is 23.5 Å². The molecule has 0 aromatic heterocycles. The molecule has 2 aromatic carbocycles. The number of thioether (sulfide) groups is 2. The van der Waals surface area contributed by atoms with Crippen LogP contribution in [0.25, 0.3) is 0 Å². The summed E-state index contributed by atoms with van der Waals surface area (Å²) < 4.78 is 0. The maximum atomic E-state index is 7.36. The van der Waals surface area contributed by atoms with Crippen molar-refractivity contribution in [3.8, 4) is 0 Å². The Morgan fingerprint density at radius 2 is 1.08 bits per heavy atom. The van der Waals surface area contributed by atoms with Gasteiger partial charge in [-0.25, -0.2) is 0 Å². The molecule has 0 radical (unpaired) electrons. The molecule has 0 aliphatic carbocycles. The fourth-order valence-electron chi connectivity index (χ4n) is 1.87. The van der Waals surface area contributed by atoms with E-state index >= 15 is 0 Å². The summed E-state index contributed by atoms with van der Waals surface area (Å²) in [7, 11) is 0. The van der Waals surface area contributed by atoms with Crippen molar-refractivity contribution >= 4 is 79.6 Å². The van der Waals surface area contributed by atoms with Crippen LogP contribution in [-0.4, -0.2) is 10.3 Å². The summed E-state index contributed by atoms with van der Waals surface area (Å²) in [5.74, 6) is 1.37. The van der Waals surface area contributed by atoms with Gasteiger partial charge < -0.3 is 11.5 Å². The van der Waals surface area contributed by atoms with Gasteiger partial charge in [-0.2, -0.15) is 0 Å². The van der Waals surface area contributed by atoms with Gasteiger partial charge in [0.2, 0.25) is 0 Å². The predicted octanol–water partition coefficient (Wildman–Crippen LogP) is 5.25. The summed E-state index contributed by atoms with van der Waals surface area (Å²) in [6.07, 6.45) is 0. The second-order valence-electron chi connectivity index (χ2n) is 4.62. The molecule has 6 N–H and O–H groups in total. The van der Waals surface area contributed by atoms with Crippen molar-refractivity contribution in [1.82, 2.24) is 0 Å². The van der Waals surface area contributed by atoms with Crippen LogP contribution >= 0.6 is 69.2 Å². The van der Waals surface area contributed by atoms with Crippen molar-refractivity contribution in [2.24, 2.45) is 11.5 Å². The second-order valence-corrected chi connectivity index (χ2v) is 7.74. The highest BCUT2D eigenvalue weighted by Gasteiger charge is 2.09. The van der Waals surface area contributed by atoms with Crippen LogP contribution in [0.1, 0.15) is 11.1 Å². The van der Waals surface area contributed by atoms with Gasteiger partial charge in [-0.3, -0.25) is 10.8 Å². The first kappa shape index (κ1) is 24.4. The van der Waals surface area contributed by atoms with Crippen LogP contribution in [0.5, 0.6) is 0 Å². The third kappa shape index (κ3) is 8.54. The number of nitrogens with two attached hydrogens (primary N) is 2. The quantitative estimate of drug-likeness (QED) is 0.306. The van der Waals surface area contributed by atoms with E-state index in [4.69, 9.17) is 22.3 Å². The molecule has 0 unspecified atom stereocenters. The molecule has 0 saturated carbocycles. The normalized spacial score (nSPS) is 9.60. The highest BCUT2D eigenvalue weighted by Crippen LogP contribution is 2.35. The molecule has 136 valence electrons. The molecule has 9 heteroatoms. The molecule has 0 spiro atoms. The molecular formula is C16H20Br2N4S3. The van der Waals surface area contributed by atoms with Crippen molar-refractivity contribution in [3.63, 3.8) is 0 Å². The monoisotopic (exact) mass is 522 g/mol. The van der Waals surface area contributed by atoms with Gasteiger partial charge in [0, 0.05) is 21.3 Å². The van der Waals surface area contributed by atoms with Gasteiger partial charge in [0.25, 0.3) is 0 Å². The fraction of sp³-hybridized carbons (Fsp3) is 0.125. The van der Waals surface area contributed by atoms with Crippen LogP contribution in [0.15, 0.2) is 58.3 Å². The van der Waals surface area contributed by atoms with Gasteiger partial charge in [-0.1, -0.05) is 71.7 Å². The highest BCUT2D eigenvalue weighted by molar-refractivity contribution is 8.93. The Labute approximate surface area is 181 Å². The fourth-order valence-corrected chi connectivity index (χ4v) is 4.26. The number of halogens is 2. The van der Waals surface area contributed by atoms with E-state index in [1.807, 2.05) is 24.3 Å². The summed E-state index contributed by atoms with van der Waals surface area (Å²) >= 11 is 4.35. The van der Waals surface area contributed by atoms with Gasteiger partial charge in [0.15, 0.2) is 10.3 Å². The van der Waals surface area contributed by atoms with E-state index in [2.05, 4.69) is 24.3 Å². The van der Waals surface area contributed by atoms with Crippen molar-refractivity contribution < 1.29 is 0 Å². The smallest absolute Gasteiger partial charge is 0.151 e. The average molecular weight is 524 g/mol. The lowest BCUT2D eigenvalue weighted by Gasteiger charge is -2.12. The van der Waals surface area contributed by atoms with Gasteiger partial charge in [-0.05, 0) is 23.3 Å². The van der Waals surface area contributed by atoms with Crippen LogP contribution in [0.3, 0.4) is 0 Å². The third-order valence-electron chi connectivity index (χ3n) is 2.93. The maximum absolute atomic E-state index is 7.36. The van der Waals surface area contributed by atoms with E-state index < -0.39 is 0 Å². The molecule has 2 rings (SSSR count). The Hall–Kier alpha value is -0.610. The summed E-state index contributed by atoms with van der Waals surface area (Å²) in [6, 6.07) is 16.3. The standard InChI is InChI=1S/C16H18N4S3.2BrH/c17-15(18)21-9-11-5-1-3-7-13(11)23-14-8-4-2-6-12(14)10-22-16(19)20;;/h1-8H,9-10H2,(H3,17,18)(H3,19,20);2*1H. The maximum Gasteiger partial charge on any atom is 0.151 e. The minimum absolute atomic E-state index is 0. The number of nitrogens with one attached hydrogen (secondary N) is 2. The topological polar surface area (TPSA) is 99.7 Å². The van der Waals surface area contributed by atoms with Gasteiger partial charge >= 0.3 is 0 Å². The Morgan fingerprint density at radius 1 is 0.720 bits per heavy atom. The minimum atomic E-state index is 0. The molecule has 0 heterocycles. The van der Waals surface area contributed by atoms with Crippen molar-refractivity contribution in [2.45, 2.75) is 21.3 Å². The van der Waals surface area contributed by atoms with E-state index in [1.54, 1.807) is 11.8 Å². The zero-order valence-electron chi connectivity index (χ0n) is 13.2. The summed E-state index contributed by atoms with van der Waals surface area (Å²) in [5.41, 5.74) is 13.2. The Balaban J connectivity index is 0.00000288. The molecule has 0 amide bonds. The Morgan fingerprint density at radius 3 is 1.44 bits per heavy atom. The van der Waals surface area contributed by atoms with E-state index in [9.17, 15) is 0 Å². The second kappa shape index (κ2) is 12.7. The highest BCUT2D eigenvalue weighted by atomic mass is 79.9. The van der Waals surface area contributed by atoms with E-state index in [-0.39, 0.29) is 44.3 Å². The predicted molar refractivity (Wildman–Crippen MR) is 124 cm³/mol. The molecule has 0 fully saturated rings. The molecule has 2 aromatic rings. The lowest BCUT2D eigenvalue weighted by atomic mass is 10.2. The van der Waals surface area contributed by atoms with E-state index in [0.29, 0.717) is 11.5 Å². The molecule has 0 aliphatic heterocycles. The van der Waals surface area contributed by atoms with Gasteiger partial charge in [-0.15, -0.1) is 34.0 Å². The molecular weight excluding hydrogens is 504 g/mol. The first-order valence-electron chi connectivity index (χ1n) is 6.83. The lowest BCUT2D eigenvalue weighted by molar-refractivity contribution is 1.23. The Bertz CT molecular complexity index is 654. The van der Waals surface area contributed by atoms with Crippen LogP contribution in [-0.2, 0) is 11.5 Å². The molecule has 0 aliphatic rings. The van der Waals surface area contributed by atoms with Crippen LogP contribution in [0, 0.1) is 10.8 Å². The number of hydrogen-bond donors (Lipinski definition) is 4. The first-order valence-corrected chi connectivity index (χ1v) is 9.62. The third-order valence-corrected chi connectivity index (χ3v) is 5.70. The molecule has 25 heavy (non-hydrogen) atoms. The summed E-state index contributed by atoms with van der Waals surface area (Å²) in [5, 5.41) is 15.0. The van der Waals surface area contributed by atoms with Crippen molar-refractivity contribution in [1.29, 1.82) is 10.8 Å². The first-order chi connectivity index (χ1) is 11.1. The minimum Gasteiger partial charge on any atom is -0.379 e. The summed E-state index contributed by atoms with van der Waals surface area (Å²) in [4.78, 5) is 2.31. The van der Waals surface area contributed by atoms with Crippen LogP contribution in [0.4, 0.5) is 0 Å². The largest absolute Gasteiger partial charge is 0.379 e. The number of benzene rings is 2.